The SMILES string of the molecule is CC1(C)O[C@]2(CC[C@H](NCc3ccccc3)CC2)CNC1=O. The predicted molar refractivity (Wildman–Crippen MR) is 86.4 cm³/mol. The van der Waals surface area contributed by atoms with Crippen LogP contribution in [0.4, 0.5) is 0 Å². The first-order valence-corrected chi connectivity index (χ1v) is 8.25. The third-order valence-electron chi connectivity index (χ3n) is 4.92. The average molecular weight is 302 g/mol. The van der Waals surface area contributed by atoms with Crippen LogP contribution in [0.1, 0.15) is 45.1 Å². The Balaban J connectivity index is 1.51. The van der Waals surface area contributed by atoms with Crippen LogP contribution in [0.15, 0.2) is 30.3 Å². The highest BCUT2D eigenvalue weighted by molar-refractivity contribution is 5.85. The molecule has 0 unspecified atom stereocenters. The zero-order valence-corrected chi connectivity index (χ0v) is 13.5. The summed E-state index contributed by atoms with van der Waals surface area (Å²) >= 11 is 0. The van der Waals surface area contributed by atoms with Crippen molar-refractivity contribution in [3.05, 3.63) is 35.9 Å². The summed E-state index contributed by atoms with van der Waals surface area (Å²) in [5, 5.41) is 6.67. The largest absolute Gasteiger partial charge is 0.357 e. The second kappa shape index (κ2) is 6.01. The van der Waals surface area contributed by atoms with Crippen molar-refractivity contribution >= 4 is 5.91 Å². The van der Waals surface area contributed by atoms with Crippen molar-refractivity contribution in [3.8, 4) is 0 Å². The Bertz CT molecular complexity index is 519. The van der Waals surface area contributed by atoms with Crippen LogP contribution in [0.5, 0.6) is 0 Å². The minimum absolute atomic E-state index is 0.00227. The number of nitrogens with one attached hydrogen (secondary N) is 2. The summed E-state index contributed by atoms with van der Waals surface area (Å²) in [5.74, 6) is 0.00227. The minimum Gasteiger partial charge on any atom is -0.357 e. The van der Waals surface area contributed by atoms with Crippen LogP contribution < -0.4 is 10.6 Å². The number of carbonyl (C=O) groups excluding carboxylic acids is 1. The molecule has 3 rings (SSSR count). The van der Waals surface area contributed by atoms with Crippen molar-refractivity contribution in [3.63, 3.8) is 0 Å². The zero-order chi connectivity index (χ0) is 15.6. The first kappa shape index (κ1) is 15.5. The average Bonchev–Trinajstić information content (AvgIpc) is 2.52. The third-order valence-corrected chi connectivity index (χ3v) is 4.92. The Kier molecular flexibility index (Phi) is 4.24. The molecule has 0 radical (unpaired) electrons. The highest BCUT2D eigenvalue weighted by atomic mass is 16.5. The molecule has 120 valence electrons. The molecule has 0 atom stereocenters. The number of benzene rings is 1. The summed E-state index contributed by atoms with van der Waals surface area (Å²) in [7, 11) is 0. The molecule has 22 heavy (non-hydrogen) atoms. The summed E-state index contributed by atoms with van der Waals surface area (Å²) in [4.78, 5) is 11.8. The van der Waals surface area contributed by atoms with Gasteiger partial charge in [-0.05, 0) is 45.1 Å². The van der Waals surface area contributed by atoms with Crippen LogP contribution >= 0.6 is 0 Å². The molecule has 0 bridgehead atoms. The normalized spacial score (nSPS) is 31.0. The highest BCUT2D eigenvalue weighted by Gasteiger charge is 2.47. The van der Waals surface area contributed by atoms with Gasteiger partial charge in [0.25, 0.3) is 5.91 Å². The summed E-state index contributed by atoms with van der Waals surface area (Å²) in [5.41, 5.74) is 0.454. The van der Waals surface area contributed by atoms with Crippen molar-refractivity contribution in [2.75, 3.05) is 6.54 Å². The molecule has 1 spiro atoms. The maximum atomic E-state index is 11.8. The van der Waals surface area contributed by atoms with Gasteiger partial charge in [-0.3, -0.25) is 4.79 Å². The van der Waals surface area contributed by atoms with E-state index in [1.165, 1.54) is 5.56 Å². The lowest BCUT2D eigenvalue weighted by molar-refractivity contribution is -0.192. The second-order valence-corrected chi connectivity index (χ2v) is 7.12. The molecular formula is C18H26N2O2. The van der Waals surface area contributed by atoms with Crippen molar-refractivity contribution in [1.29, 1.82) is 0 Å². The van der Waals surface area contributed by atoms with Crippen LogP contribution in [-0.2, 0) is 16.1 Å². The van der Waals surface area contributed by atoms with E-state index in [1.54, 1.807) is 0 Å². The van der Waals surface area contributed by atoms with E-state index in [2.05, 4.69) is 34.9 Å². The van der Waals surface area contributed by atoms with E-state index in [0.29, 0.717) is 12.6 Å². The maximum Gasteiger partial charge on any atom is 0.251 e. The Hall–Kier alpha value is -1.39. The number of ether oxygens (including phenoxy) is 1. The lowest BCUT2D eigenvalue weighted by Gasteiger charge is -2.48. The van der Waals surface area contributed by atoms with Gasteiger partial charge in [-0.1, -0.05) is 30.3 Å². The molecule has 2 N–H and O–H groups in total. The van der Waals surface area contributed by atoms with E-state index < -0.39 is 5.60 Å². The lowest BCUT2D eigenvalue weighted by Crippen LogP contribution is -2.62. The van der Waals surface area contributed by atoms with Crippen LogP contribution in [0.3, 0.4) is 0 Å². The van der Waals surface area contributed by atoms with Crippen molar-refractivity contribution in [2.24, 2.45) is 0 Å². The van der Waals surface area contributed by atoms with E-state index in [0.717, 1.165) is 32.2 Å². The van der Waals surface area contributed by atoms with Gasteiger partial charge in [-0.15, -0.1) is 0 Å². The third kappa shape index (κ3) is 3.33. The predicted octanol–water partition coefficient (Wildman–Crippen LogP) is 2.38. The van der Waals surface area contributed by atoms with Gasteiger partial charge < -0.3 is 15.4 Å². The van der Waals surface area contributed by atoms with Crippen LogP contribution in [0.25, 0.3) is 0 Å². The molecule has 2 aliphatic rings. The number of hydrogen-bond donors (Lipinski definition) is 2. The molecule has 1 heterocycles. The summed E-state index contributed by atoms with van der Waals surface area (Å²) in [6, 6.07) is 11.0. The van der Waals surface area contributed by atoms with Crippen LogP contribution in [-0.4, -0.2) is 29.7 Å². The molecule has 1 aromatic rings. The van der Waals surface area contributed by atoms with Crippen LogP contribution in [0.2, 0.25) is 0 Å². The number of morpholine rings is 1. The fourth-order valence-electron chi connectivity index (χ4n) is 3.56. The number of rotatable bonds is 3. The van der Waals surface area contributed by atoms with Gasteiger partial charge in [0.2, 0.25) is 0 Å². The molecule has 2 fully saturated rings. The fourth-order valence-corrected chi connectivity index (χ4v) is 3.56. The van der Waals surface area contributed by atoms with Gasteiger partial charge in [-0.25, -0.2) is 0 Å². The van der Waals surface area contributed by atoms with Gasteiger partial charge in [0.1, 0.15) is 5.60 Å². The van der Waals surface area contributed by atoms with Gasteiger partial charge in [0, 0.05) is 19.1 Å². The molecule has 4 nitrogen and oxygen atoms in total. The summed E-state index contributed by atoms with van der Waals surface area (Å²) < 4.78 is 6.19. The molecule has 1 saturated carbocycles. The highest BCUT2D eigenvalue weighted by Crippen LogP contribution is 2.37. The Morgan fingerprint density at radius 3 is 2.55 bits per heavy atom. The van der Waals surface area contributed by atoms with Gasteiger partial charge in [0.05, 0.1) is 5.60 Å². The molecule has 0 aromatic heterocycles. The Morgan fingerprint density at radius 2 is 1.91 bits per heavy atom. The smallest absolute Gasteiger partial charge is 0.251 e. The summed E-state index contributed by atoms with van der Waals surface area (Å²) in [6.45, 7) is 5.30. The number of hydrogen-bond acceptors (Lipinski definition) is 3. The summed E-state index contributed by atoms with van der Waals surface area (Å²) in [6.07, 6.45) is 4.20. The molecule has 1 aliphatic carbocycles. The maximum absolute atomic E-state index is 11.8. The topological polar surface area (TPSA) is 50.4 Å². The van der Waals surface area contributed by atoms with Crippen molar-refractivity contribution < 1.29 is 9.53 Å². The minimum atomic E-state index is -0.706. The fraction of sp³-hybridized carbons (Fsp3) is 0.611. The molecule has 1 saturated heterocycles. The van der Waals surface area contributed by atoms with Gasteiger partial charge in [-0.2, -0.15) is 0 Å². The zero-order valence-electron chi connectivity index (χ0n) is 13.5. The molecule has 1 aliphatic heterocycles. The molecule has 4 heteroatoms. The molecule has 1 amide bonds. The van der Waals surface area contributed by atoms with Crippen molar-refractivity contribution in [1.82, 2.24) is 10.6 Å². The second-order valence-electron chi connectivity index (χ2n) is 7.12. The lowest BCUT2D eigenvalue weighted by atomic mass is 9.80. The van der Waals surface area contributed by atoms with Crippen LogP contribution in [0, 0.1) is 0 Å². The van der Waals surface area contributed by atoms with E-state index in [4.69, 9.17) is 4.74 Å². The standard InChI is InChI=1S/C18H26N2O2/c1-17(2)16(21)20-13-18(22-17)10-8-15(9-11-18)19-12-14-6-4-3-5-7-14/h3-7,15,19H,8-13H2,1-2H3,(H,20,21)/t15-,18-. The first-order valence-electron chi connectivity index (χ1n) is 8.25. The van der Waals surface area contributed by atoms with Gasteiger partial charge >= 0.3 is 0 Å². The monoisotopic (exact) mass is 302 g/mol. The Morgan fingerprint density at radius 1 is 1.23 bits per heavy atom. The first-order chi connectivity index (χ1) is 10.5. The van der Waals surface area contributed by atoms with Gasteiger partial charge in [0.15, 0.2) is 0 Å². The molecular weight excluding hydrogens is 276 g/mol. The van der Waals surface area contributed by atoms with E-state index in [1.807, 2.05) is 19.9 Å². The molecule has 1 aromatic carbocycles. The Labute approximate surface area is 132 Å². The quantitative estimate of drug-likeness (QED) is 0.901. The van der Waals surface area contributed by atoms with E-state index in [-0.39, 0.29) is 11.5 Å². The van der Waals surface area contributed by atoms with E-state index >= 15 is 0 Å². The number of amides is 1. The number of carbonyl (C=O) groups is 1. The van der Waals surface area contributed by atoms with E-state index in [9.17, 15) is 4.79 Å². The van der Waals surface area contributed by atoms with Crippen molar-refractivity contribution in [2.45, 2.75) is 63.3 Å².